The molecular formula is C23H40N4O2. The molecule has 0 aromatic heterocycles. The molecule has 2 rings (SSSR count). The van der Waals surface area contributed by atoms with E-state index in [4.69, 9.17) is 0 Å². The Balaban J connectivity index is 2.01. The summed E-state index contributed by atoms with van der Waals surface area (Å²) < 4.78 is 0. The molecule has 164 valence electrons. The first-order valence-electron chi connectivity index (χ1n) is 10.9. The largest absolute Gasteiger partial charge is 0.390 e. The van der Waals surface area contributed by atoms with Crippen LogP contribution in [-0.4, -0.2) is 90.7 Å². The zero-order valence-corrected chi connectivity index (χ0v) is 19.2. The summed E-state index contributed by atoms with van der Waals surface area (Å²) >= 11 is 0. The van der Waals surface area contributed by atoms with Crippen LogP contribution in [0.5, 0.6) is 0 Å². The minimum Gasteiger partial charge on any atom is -0.390 e. The van der Waals surface area contributed by atoms with Crippen LogP contribution in [-0.2, 0) is 4.79 Å². The summed E-state index contributed by atoms with van der Waals surface area (Å²) in [4.78, 5) is 20.0. The maximum atomic E-state index is 13.4. The van der Waals surface area contributed by atoms with Crippen molar-refractivity contribution in [2.24, 2.45) is 0 Å². The van der Waals surface area contributed by atoms with Crippen LogP contribution in [0.15, 0.2) is 18.2 Å². The van der Waals surface area contributed by atoms with Crippen molar-refractivity contribution >= 4 is 11.6 Å². The Labute approximate surface area is 176 Å². The molecule has 29 heavy (non-hydrogen) atoms. The second-order valence-corrected chi connectivity index (χ2v) is 8.59. The maximum Gasteiger partial charge on any atom is 0.244 e. The number of carbonyl (C=O) groups excluding carboxylic acids is 1. The van der Waals surface area contributed by atoms with Crippen molar-refractivity contribution in [3.8, 4) is 0 Å². The second kappa shape index (κ2) is 10.5. The van der Waals surface area contributed by atoms with Crippen LogP contribution in [0.1, 0.15) is 37.8 Å². The minimum atomic E-state index is -0.519. The first-order valence-corrected chi connectivity index (χ1v) is 10.9. The van der Waals surface area contributed by atoms with Gasteiger partial charge in [0.15, 0.2) is 0 Å². The quantitative estimate of drug-likeness (QED) is 0.662. The Bertz CT molecular complexity index is 645. The van der Waals surface area contributed by atoms with E-state index in [9.17, 15) is 9.90 Å². The monoisotopic (exact) mass is 404 g/mol. The number of carbonyl (C=O) groups is 1. The molecule has 1 saturated heterocycles. The van der Waals surface area contributed by atoms with Crippen LogP contribution in [0, 0.1) is 13.8 Å². The van der Waals surface area contributed by atoms with E-state index < -0.39 is 5.54 Å². The van der Waals surface area contributed by atoms with Gasteiger partial charge < -0.3 is 20.2 Å². The molecule has 1 unspecified atom stereocenters. The molecule has 1 atom stereocenters. The average molecular weight is 405 g/mol. The Morgan fingerprint density at radius 2 is 1.72 bits per heavy atom. The zero-order chi connectivity index (χ0) is 21.6. The van der Waals surface area contributed by atoms with Crippen molar-refractivity contribution in [1.82, 2.24) is 14.7 Å². The number of likely N-dealkylation sites (N-methyl/N-ethyl adjacent to an activating group) is 2. The van der Waals surface area contributed by atoms with E-state index in [0.717, 1.165) is 55.8 Å². The molecule has 1 aliphatic heterocycles. The third kappa shape index (κ3) is 5.79. The molecule has 6 nitrogen and oxygen atoms in total. The first kappa shape index (κ1) is 23.8. The highest BCUT2D eigenvalue weighted by atomic mass is 16.3. The number of aliphatic hydroxyl groups excluding tert-OH is 1. The number of hydrogen-bond donors (Lipinski definition) is 2. The number of anilines is 1. The summed E-state index contributed by atoms with van der Waals surface area (Å²) in [5, 5.41) is 13.7. The normalized spacial score (nSPS) is 18.2. The number of aryl methyl sites for hydroxylation is 2. The van der Waals surface area contributed by atoms with Gasteiger partial charge in [0.25, 0.3) is 0 Å². The molecular weight excluding hydrogens is 364 g/mol. The fourth-order valence-corrected chi connectivity index (χ4v) is 4.36. The standard InChI is InChI=1S/C23H40N4O2/c1-7-26(8-2)16-20(28)17-27-14-12-23(13-15-27,25(5)6)22(29)24-21-18(3)10-9-11-19(21)4/h9-11,20,28H,7-8,12-17H2,1-6H3,(H,24,29). The van der Waals surface area contributed by atoms with Crippen molar-refractivity contribution in [3.63, 3.8) is 0 Å². The molecule has 1 aliphatic rings. The lowest BCUT2D eigenvalue weighted by molar-refractivity contribution is -0.129. The van der Waals surface area contributed by atoms with E-state index >= 15 is 0 Å². The number of rotatable bonds is 9. The van der Waals surface area contributed by atoms with Gasteiger partial charge in [0.05, 0.1) is 6.10 Å². The van der Waals surface area contributed by atoms with Gasteiger partial charge in [-0.1, -0.05) is 32.0 Å². The SMILES string of the molecule is CCN(CC)CC(O)CN1CCC(C(=O)Nc2c(C)cccc2C)(N(C)C)CC1. The Morgan fingerprint density at radius 1 is 1.17 bits per heavy atom. The number of amides is 1. The van der Waals surface area contributed by atoms with Crippen molar-refractivity contribution < 1.29 is 9.90 Å². The first-order chi connectivity index (χ1) is 13.7. The fourth-order valence-electron chi connectivity index (χ4n) is 4.36. The molecule has 0 saturated carbocycles. The lowest BCUT2D eigenvalue weighted by Crippen LogP contribution is -2.60. The third-order valence-electron chi connectivity index (χ3n) is 6.51. The smallest absolute Gasteiger partial charge is 0.244 e. The highest BCUT2D eigenvalue weighted by Crippen LogP contribution is 2.30. The number of nitrogens with zero attached hydrogens (tertiary/aromatic N) is 3. The molecule has 0 radical (unpaired) electrons. The van der Waals surface area contributed by atoms with E-state index in [0.29, 0.717) is 13.1 Å². The summed E-state index contributed by atoms with van der Waals surface area (Å²) in [5.74, 6) is 0.0724. The number of piperidine rings is 1. The van der Waals surface area contributed by atoms with Crippen molar-refractivity contribution in [2.45, 2.75) is 52.2 Å². The van der Waals surface area contributed by atoms with Gasteiger partial charge in [0.2, 0.25) is 5.91 Å². The summed E-state index contributed by atoms with van der Waals surface area (Å²) in [5.41, 5.74) is 2.58. The number of benzene rings is 1. The van der Waals surface area contributed by atoms with Gasteiger partial charge in [0, 0.05) is 31.9 Å². The third-order valence-corrected chi connectivity index (χ3v) is 6.51. The van der Waals surface area contributed by atoms with Crippen LogP contribution in [0.2, 0.25) is 0 Å². The molecule has 0 bridgehead atoms. The van der Waals surface area contributed by atoms with E-state index in [2.05, 4.69) is 33.9 Å². The molecule has 6 heteroatoms. The number of hydrogen-bond acceptors (Lipinski definition) is 5. The summed E-state index contributed by atoms with van der Waals surface area (Å²) in [6, 6.07) is 6.08. The van der Waals surface area contributed by atoms with E-state index in [1.54, 1.807) is 0 Å². The summed E-state index contributed by atoms with van der Waals surface area (Å²) in [7, 11) is 3.99. The highest BCUT2D eigenvalue weighted by molar-refractivity contribution is 5.99. The van der Waals surface area contributed by atoms with Crippen LogP contribution in [0.4, 0.5) is 5.69 Å². The van der Waals surface area contributed by atoms with Crippen molar-refractivity contribution in [2.75, 3.05) is 58.7 Å². The molecule has 1 heterocycles. The van der Waals surface area contributed by atoms with Crippen molar-refractivity contribution in [1.29, 1.82) is 0 Å². The number of aliphatic hydroxyl groups is 1. The van der Waals surface area contributed by atoms with E-state index in [1.165, 1.54) is 0 Å². The molecule has 1 amide bonds. The Morgan fingerprint density at radius 3 is 2.21 bits per heavy atom. The van der Waals surface area contributed by atoms with Gasteiger partial charge in [-0.3, -0.25) is 9.69 Å². The van der Waals surface area contributed by atoms with Crippen LogP contribution in [0.25, 0.3) is 0 Å². The molecule has 1 fully saturated rings. The lowest BCUT2D eigenvalue weighted by Gasteiger charge is -2.45. The van der Waals surface area contributed by atoms with Crippen molar-refractivity contribution in [3.05, 3.63) is 29.3 Å². The van der Waals surface area contributed by atoms with Gasteiger partial charge in [-0.05, 0) is 65.0 Å². The molecule has 1 aromatic carbocycles. The van der Waals surface area contributed by atoms with Gasteiger partial charge in [-0.25, -0.2) is 0 Å². The topological polar surface area (TPSA) is 59.1 Å². The molecule has 2 N–H and O–H groups in total. The average Bonchev–Trinajstić information content (AvgIpc) is 2.69. The number of para-hydroxylation sites is 1. The fraction of sp³-hybridized carbons (Fsp3) is 0.696. The predicted octanol–water partition coefficient (Wildman–Crippen LogP) is 2.34. The summed E-state index contributed by atoms with van der Waals surface area (Å²) in [6.07, 6.45) is 1.16. The van der Waals surface area contributed by atoms with E-state index in [-0.39, 0.29) is 12.0 Å². The maximum absolute atomic E-state index is 13.4. The molecule has 0 spiro atoms. The van der Waals surface area contributed by atoms with Gasteiger partial charge in [-0.15, -0.1) is 0 Å². The lowest BCUT2D eigenvalue weighted by atomic mass is 9.84. The van der Waals surface area contributed by atoms with Gasteiger partial charge in [-0.2, -0.15) is 0 Å². The number of nitrogens with one attached hydrogen (secondary N) is 1. The highest BCUT2D eigenvalue weighted by Gasteiger charge is 2.43. The van der Waals surface area contributed by atoms with Gasteiger partial charge in [0.1, 0.15) is 5.54 Å². The summed E-state index contributed by atoms with van der Waals surface area (Å²) in [6.45, 7) is 13.2. The van der Waals surface area contributed by atoms with Gasteiger partial charge >= 0.3 is 0 Å². The Hall–Kier alpha value is -1.47. The zero-order valence-electron chi connectivity index (χ0n) is 19.2. The second-order valence-electron chi connectivity index (χ2n) is 8.59. The number of likely N-dealkylation sites (tertiary alicyclic amines) is 1. The minimum absolute atomic E-state index is 0.0724. The van der Waals surface area contributed by atoms with Crippen LogP contribution < -0.4 is 5.32 Å². The molecule has 1 aromatic rings. The number of β-amino-alcohol motifs (C(OH)–C–C–N with tert-alkyl or cyclic N) is 1. The van der Waals surface area contributed by atoms with Crippen LogP contribution in [0.3, 0.4) is 0 Å². The molecule has 0 aliphatic carbocycles. The van der Waals surface area contributed by atoms with Crippen LogP contribution >= 0.6 is 0 Å². The predicted molar refractivity (Wildman–Crippen MR) is 120 cm³/mol. The Kier molecular flexibility index (Phi) is 8.64. The van der Waals surface area contributed by atoms with E-state index in [1.807, 2.05) is 46.1 Å².